The van der Waals surface area contributed by atoms with Crippen molar-refractivity contribution in [2.24, 2.45) is 0 Å². The molecule has 112 valence electrons. The van der Waals surface area contributed by atoms with Gasteiger partial charge >= 0.3 is 0 Å². The third kappa shape index (κ3) is 4.67. The van der Waals surface area contributed by atoms with Crippen molar-refractivity contribution in [1.29, 1.82) is 0 Å². The van der Waals surface area contributed by atoms with E-state index in [4.69, 9.17) is 0 Å². The van der Waals surface area contributed by atoms with Gasteiger partial charge in [0.25, 0.3) is 0 Å². The van der Waals surface area contributed by atoms with Crippen LogP contribution in [0.1, 0.15) is 35.2 Å². The Hall–Kier alpha value is -0.640. The van der Waals surface area contributed by atoms with Crippen LogP contribution in [0.3, 0.4) is 0 Å². The summed E-state index contributed by atoms with van der Waals surface area (Å²) in [6.07, 6.45) is 1.00. The largest absolute Gasteiger partial charge is 0.310 e. The molecule has 21 heavy (non-hydrogen) atoms. The highest BCUT2D eigenvalue weighted by molar-refractivity contribution is 9.11. The van der Waals surface area contributed by atoms with Crippen LogP contribution in [0.2, 0.25) is 0 Å². The van der Waals surface area contributed by atoms with Gasteiger partial charge in [0, 0.05) is 15.0 Å². The molecule has 0 radical (unpaired) electrons. The predicted molar refractivity (Wildman–Crippen MR) is 97.9 cm³/mol. The first-order chi connectivity index (χ1) is 9.99. The van der Waals surface area contributed by atoms with Crippen LogP contribution in [0.15, 0.2) is 45.3 Å². The zero-order valence-corrected chi connectivity index (χ0v) is 15.9. The SMILES string of the molecule is CCNC(Cc1cc(C)ccc1C)c1cc(Br)cc(Br)c1. The van der Waals surface area contributed by atoms with Crippen LogP contribution in [-0.2, 0) is 6.42 Å². The zero-order chi connectivity index (χ0) is 15.4. The lowest BCUT2D eigenvalue weighted by molar-refractivity contribution is 0.548. The first-order valence-corrected chi connectivity index (χ1v) is 8.83. The summed E-state index contributed by atoms with van der Waals surface area (Å²) < 4.78 is 2.21. The molecule has 1 N–H and O–H groups in total. The molecule has 2 aromatic rings. The number of likely N-dealkylation sites (N-methyl/N-ethyl adjacent to an activating group) is 1. The molecule has 0 spiro atoms. The molecule has 1 unspecified atom stereocenters. The molecule has 1 nitrogen and oxygen atoms in total. The topological polar surface area (TPSA) is 12.0 Å². The zero-order valence-electron chi connectivity index (χ0n) is 12.7. The van der Waals surface area contributed by atoms with Crippen LogP contribution < -0.4 is 5.32 Å². The van der Waals surface area contributed by atoms with Gasteiger partial charge in [0.05, 0.1) is 0 Å². The monoisotopic (exact) mass is 409 g/mol. The van der Waals surface area contributed by atoms with Gasteiger partial charge in [-0.25, -0.2) is 0 Å². The van der Waals surface area contributed by atoms with Crippen LogP contribution >= 0.6 is 31.9 Å². The maximum absolute atomic E-state index is 3.61. The second kappa shape index (κ2) is 7.57. The van der Waals surface area contributed by atoms with Gasteiger partial charge < -0.3 is 5.32 Å². The van der Waals surface area contributed by atoms with Gasteiger partial charge in [-0.2, -0.15) is 0 Å². The Morgan fingerprint density at radius 2 is 1.67 bits per heavy atom. The minimum atomic E-state index is 0.323. The standard InChI is InChI=1S/C18H21Br2N/c1-4-21-18(15-8-16(19)11-17(20)9-15)10-14-7-12(2)5-6-13(14)3/h5-9,11,18,21H,4,10H2,1-3H3. The van der Waals surface area contributed by atoms with E-state index in [1.165, 1.54) is 22.3 Å². The first kappa shape index (κ1) is 16.7. The molecule has 0 fully saturated rings. The highest BCUT2D eigenvalue weighted by Crippen LogP contribution is 2.27. The van der Waals surface area contributed by atoms with Crippen molar-refractivity contribution in [3.05, 3.63) is 67.6 Å². The molecule has 0 aliphatic rings. The maximum atomic E-state index is 3.61. The van der Waals surface area contributed by atoms with Crippen LogP contribution in [0.4, 0.5) is 0 Å². The average Bonchev–Trinajstić information content (AvgIpc) is 2.41. The molecule has 0 aliphatic heterocycles. The van der Waals surface area contributed by atoms with Crippen molar-refractivity contribution in [3.63, 3.8) is 0 Å². The Labute approximate surface area is 144 Å². The van der Waals surface area contributed by atoms with Crippen LogP contribution in [-0.4, -0.2) is 6.54 Å². The Kier molecular flexibility index (Phi) is 6.03. The lowest BCUT2D eigenvalue weighted by atomic mass is 9.95. The molecule has 2 rings (SSSR count). The normalized spacial score (nSPS) is 12.4. The first-order valence-electron chi connectivity index (χ1n) is 7.25. The smallest absolute Gasteiger partial charge is 0.0361 e. The van der Waals surface area contributed by atoms with Gasteiger partial charge in [0.15, 0.2) is 0 Å². The predicted octanol–water partition coefficient (Wildman–Crippen LogP) is 5.72. The van der Waals surface area contributed by atoms with Crippen LogP contribution in [0, 0.1) is 13.8 Å². The second-order valence-corrected chi connectivity index (χ2v) is 7.28. The number of hydrogen-bond donors (Lipinski definition) is 1. The number of halogens is 2. The Bertz CT molecular complexity index is 602. The lowest BCUT2D eigenvalue weighted by Gasteiger charge is -2.20. The van der Waals surface area contributed by atoms with E-state index in [2.05, 4.69) is 94.3 Å². The van der Waals surface area contributed by atoms with E-state index in [1.54, 1.807) is 0 Å². The second-order valence-electron chi connectivity index (χ2n) is 5.45. The summed E-state index contributed by atoms with van der Waals surface area (Å²) in [7, 11) is 0. The fourth-order valence-corrected chi connectivity index (χ4v) is 3.90. The minimum Gasteiger partial charge on any atom is -0.310 e. The van der Waals surface area contributed by atoms with E-state index in [-0.39, 0.29) is 0 Å². The number of rotatable bonds is 5. The Balaban J connectivity index is 2.32. The molecule has 0 aromatic heterocycles. The van der Waals surface area contributed by atoms with Crippen molar-refractivity contribution in [2.75, 3.05) is 6.54 Å². The third-order valence-corrected chi connectivity index (χ3v) is 4.58. The quantitative estimate of drug-likeness (QED) is 0.664. The molecule has 0 aliphatic carbocycles. The van der Waals surface area contributed by atoms with Crippen molar-refractivity contribution in [1.82, 2.24) is 5.32 Å². The van der Waals surface area contributed by atoms with E-state index in [0.717, 1.165) is 21.9 Å². The van der Waals surface area contributed by atoms with E-state index in [9.17, 15) is 0 Å². The van der Waals surface area contributed by atoms with Gasteiger partial charge in [0.2, 0.25) is 0 Å². The summed E-state index contributed by atoms with van der Waals surface area (Å²) >= 11 is 7.17. The third-order valence-electron chi connectivity index (χ3n) is 3.67. The van der Waals surface area contributed by atoms with Crippen LogP contribution in [0.5, 0.6) is 0 Å². The van der Waals surface area contributed by atoms with Crippen LogP contribution in [0.25, 0.3) is 0 Å². The van der Waals surface area contributed by atoms with E-state index < -0.39 is 0 Å². The van der Waals surface area contributed by atoms with Crippen molar-refractivity contribution in [3.8, 4) is 0 Å². The molecule has 0 amide bonds. The van der Waals surface area contributed by atoms with E-state index in [1.807, 2.05) is 0 Å². The highest BCUT2D eigenvalue weighted by atomic mass is 79.9. The number of hydrogen-bond acceptors (Lipinski definition) is 1. The molecule has 0 heterocycles. The van der Waals surface area contributed by atoms with Gasteiger partial charge in [-0.15, -0.1) is 0 Å². The molecule has 2 aromatic carbocycles. The molecular formula is C18H21Br2N. The maximum Gasteiger partial charge on any atom is 0.0361 e. The molecule has 0 bridgehead atoms. The Morgan fingerprint density at radius 3 is 2.29 bits per heavy atom. The lowest BCUT2D eigenvalue weighted by Crippen LogP contribution is -2.23. The molecule has 0 saturated heterocycles. The van der Waals surface area contributed by atoms with Crippen molar-refractivity contribution >= 4 is 31.9 Å². The molecule has 3 heteroatoms. The summed E-state index contributed by atoms with van der Waals surface area (Å²) in [5.74, 6) is 0. The number of nitrogens with one attached hydrogen (secondary N) is 1. The summed E-state index contributed by atoms with van der Waals surface area (Å²) in [4.78, 5) is 0. The minimum absolute atomic E-state index is 0.323. The summed E-state index contributed by atoms with van der Waals surface area (Å²) in [5, 5.41) is 3.61. The van der Waals surface area contributed by atoms with Gasteiger partial charge in [0.1, 0.15) is 0 Å². The number of benzene rings is 2. The highest BCUT2D eigenvalue weighted by Gasteiger charge is 2.14. The van der Waals surface area contributed by atoms with Gasteiger partial charge in [-0.05, 0) is 61.7 Å². The summed E-state index contributed by atoms with van der Waals surface area (Å²) in [5.41, 5.74) is 5.40. The van der Waals surface area contributed by atoms with E-state index in [0.29, 0.717) is 6.04 Å². The fraction of sp³-hybridized carbons (Fsp3) is 0.333. The molecular weight excluding hydrogens is 390 g/mol. The molecule has 0 saturated carbocycles. The Morgan fingerprint density at radius 1 is 1.00 bits per heavy atom. The summed E-state index contributed by atoms with van der Waals surface area (Å²) in [6, 6.07) is 13.5. The fourth-order valence-electron chi connectivity index (χ4n) is 2.57. The van der Waals surface area contributed by atoms with Crippen molar-refractivity contribution in [2.45, 2.75) is 33.2 Å². The number of aryl methyl sites for hydroxylation is 2. The average molecular weight is 411 g/mol. The molecule has 1 atom stereocenters. The van der Waals surface area contributed by atoms with Gasteiger partial charge in [-0.3, -0.25) is 0 Å². The van der Waals surface area contributed by atoms with E-state index >= 15 is 0 Å². The van der Waals surface area contributed by atoms with Crippen molar-refractivity contribution < 1.29 is 0 Å². The van der Waals surface area contributed by atoms with Gasteiger partial charge in [-0.1, -0.05) is 62.5 Å². The summed E-state index contributed by atoms with van der Waals surface area (Å²) in [6.45, 7) is 7.46.